The number of rotatable bonds is 4. The van der Waals surface area contributed by atoms with Gasteiger partial charge in [-0.25, -0.2) is 4.79 Å². The molecular weight excluding hydrogens is 200 g/mol. The van der Waals surface area contributed by atoms with Gasteiger partial charge in [0.15, 0.2) is 0 Å². The fourth-order valence-corrected chi connectivity index (χ4v) is 2.60. The van der Waals surface area contributed by atoms with Crippen molar-refractivity contribution in [3.05, 3.63) is 24.3 Å². The van der Waals surface area contributed by atoms with Crippen LogP contribution in [0.4, 0.5) is 0 Å². The second-order valence-corrected chi connectivity index (χ2v) is 5.44. The van der Waals surface area contributed by atoms with Crippen LogP contribution in [0.5, 0.6) is 0 Å². The van der Waals surface area contributed by atoms with Crippen molar-refractivity contribution in [2.75, 3.05) is 0 Å². The minimum absolute atomic E-state index is 0.0130. The summed E-state index contributed by atoms with van der Waals surface area (Å²) >= 11 is 0. The highest BCUT2D eigenvalue weighted by atomic mass is 16.4. The van der Waals surface area contributed by atoms with Gasteiger partial charge in [0, 0.05) is 5.57 Å². The van der Waals surface area contributed by atoms with E-state index in [0.29, 0.717) is 11.5 Å². The first-order chi connectivity index (χ1) is 7.39. The molecular formula is C14H22O2. The lowest BCUT2D eigenvalue weighted by molar-refractivity contribution is -0.133. The zero-order chi connectivity index (χ0) is 12.3. The summed E-state index contributed by atoms with van der Waals surface area (Å²) in [6, 6.07) is 0. The Morgan fingerprint density at radius 3 is 2.81 bits per heavy atom. The topological polar surface area (TPSA) is 37.3 Å². The first-order valence-corrected chi connectivity index (χ1v) is 5.96. The predicted molar refractivity (Wildman–Crippen MR) is 66.2 cm³/mol. The lowest BCUT2D eigenvalue weighted by Gasteiger charge is -2.35. The molecule has 0 unspecified atom stereocenters. The second kappa shape index (κ2) is 4.86. The number of carboxylic acids is 1. The Bertz CT molecular complexity index is 315. The Balaban J connectivity index is 3.02. The maximum absolute atomic E-state index is 11.3. The molecule has 0 radical (unpaired) electrons. The van der Waals surface area contributed by atoms with Gasteiger partial charge < -0.3 is 5.11 Å². The fourth-order valence-electron chi connectivity index (χ4n) is 2.60. The van der Waals surface area contributed by atoms with E-state index in [2.05, 4.69) is 27.4 Å². The maximum atomic E-state index is 11.3. The van der Waals surface area contributed by atoms with Crippen LogP contribution >= 0.6 is 0 Å². The largest absolute Gasteiger partial charge is 0.478 e. The van der Waals surface area contributed by atoms with Crippen LogP contribution in [0.15, 0.2) is 24.3 Å². The summed E-state index contributed by atoms with van der Waals surface area (Å²) in [6.07, 6.45) is 6.73. The Hall–Kier alpha value is -1.05. The monoisotopic (exact) mass is 222 g/mol. The summed E-state index contributed by atoms with van der Waals surface area (Å²) in [7, 11) is 0. The zero-order valence-electron chi connectivity index (χ0n) is 10.5. The van der Waals surface area contributed by atoms with Crippen LogP contribution in [-0.4, -0.2) is 11.1 Å². The van der Waals surface area contributed by atoms with Gasteiger partial charge in [0.05, 0.1) is 0 Å². The average molecular weight is 222 g/mol. The van der Waals surface area contributed by atoms with Crippen molar-refractivity contribution in [3.8, 4) is 0 Å². The number of carbonyl (C=O) groups is 1. The summed E-state index contributed by atoms with van der Waals surface area (Å²) in [5.41, 5.74) is 0.589. The van der Waals surface area contributed by atoms with Gasteiger partial charge in [-0.15, -0.1) is 6.58 Å². The van der Waals surface area contributed by atoms with E-state index in [1.54, 1.807) is 0 Å². The molecule has 0 bridgehead atoms. The van der Waals surface area contributed by atoms with E-state index in [0.717, 1.165) is 19.3 Å². The molecule has 16 heavy (non-hydrogen) atoms. The molecule has 0 aromatic rings. The SMILES string of the molecule is C=CC[C@@]1(C)C=C(C(=O)O)[C@H](C(C)C)CC1. The number of carboxylic acid groups (broad SMARTS) is 1. The van der Waals surface area contributed by atoms with E-state index in [-0.39, 0.29) is 11.3 Å². The molecule has 2 atom stereocenters. The van der Waals surface area contributed by atoms with Crippen molar-refractivity contribution in [1.82, 2.24) is 0 Å². The lowest BCUT2D eigenvalue weighted by atomic mass is 9.69. The molecule has 1 aliphatic carbocycles. The van der Waals surface area contributed by atoms with Crippen LogP contribution in [0.3, 0.4) is 0 Å². The van der Waals surface area contributed by atoms with Gasteiger partial charge in [0.25, 0.3) is 0 Å². The molecule has 0 saturated carbocycles. The predicted octanol–water partition coefficient (Wildman–Crippen LogP) is 3.65. The van der Waals surface area contributed by atoms with Crippen LogP contribution in [0, 0.1) is 17.3 Å². The highest BCUT2D eigenvalue weighted by Gasteiger charge is 2.34. The molecule has 0 saturated heterocycles. The molecule has 1 N–H and O–H groups in total. The van der Waals surface area contributed by atoms with Gasteiger partial charge in [-0.05, 0) is 36.5 Å². The molecule has 0 aromatic carbocycles. The molecule has 1 aliphatic rings. The first-order valence-electron chi connectivity index (χ1n) is 5.96. The van der Waals surface area contributed by atoms with Gasteiger partial charge in [-0.3, -0.25) is 0 Å². The Morgan fingerprint density at radius 2 is 2.38 bits per heavy atom. The summed E-state index contributed by atoms with van der Waals surface area (Å²) < 4.78 is 0. The van der Waals surface area contributed by atoms with Crippen LogP contribution in [-0.2, 0) is 4.79 Å². The fraction of sp³-hybridized carbons (Fsp3) is 0.643. The maximum Gasteiger partial charge on any atom is 0.331 e. The van der Waals surface area contributed by atoms with Gasteiger partial charge in [-0.1, -0.05) is 32.9 Å². The third kappa shape index (κ3) is 2.75. The Labute approximate surface area is 98.1 Å². The van der Waals surface area contributed by atoms with Crippen LogP contribution in [0.1, 0.15) is 40.0 Å². The molecule has 90 valence electrons. The lowest BCUT2D eigenvalue weighted by Crippen LogP contribution is -2.28. The molecule has 0 spiro atoms. The van der Waals surface area contributed by atoms with Crippen molar-refractivity contribution in [3.63, 3.8) is 0 Å². The van der Waals surface area contributed by atoms with E-state index in [1.807, 2.05) is 12.2 Å². The highest BCUT2D eigenvalue weighted by Crippen LogP contribution is 2.42. The van der Waals surface area contributed by atoms with Crippen molar-refractivity contribution in [2.45, 2.75) is 40.0 Å². The van der Waals surface area contributed by atoms with E-state index in [1.165, 1.54) is 0 Å². The Kier molecular flexibility index (Phi) is 3.95. The smallest absolute Gasteiger partial charge is 0.331 e. The zero-order valence-corrected chi connectivity index (χ0v) is 10.5. The second-order valence-electron chi connectivity index (χ2n) is 5.44. The van der Waals surface area contributed by atoms with Crippen molar-refractivity contribution >= 4 is 5.97 Å². The number of hydrogen-bond acceptors (Lipinski definition) is 1. The number of hydrogen-bond donors (Lipinski definition) is 1. The molecule has 0 amide bonds. The van der Waals surface area contributed by atoms with Crippen LogP contribution < -0.4 is 0 Å². The molecule has 0 heterocycles. The van der Waals surface area contributed by atoms with Gasteiger partial charge in [0.1, 0.15) is 0 Å². The third-order valence-corrected chi connectivity index (χ3v) is 3.59. The average Bonchev–Trinajstić information content (AvgIpc) is 2.16. The molecule has 0 fully saturated rings. The quantitative estimate of drug-likeness (QED) is 0.737. The van der Waals surface area contributed by atoms with Crippen molar-refractivity contribution in [2.24, 2.45) is 17.3 Å². The minimum atomic E-state index is -0.756. The highest BCUT2D eigenvalue weighted by molar-refractivity contribution is 5.87. The van der Waals surface area contributed by atoms with Gasteiger partial charge in [-0.2, -0.15) is 0 Å². The molecule has 1 rings (SSSR count). The van der Waals surface area contributed by atoms with E-state index in [9.17, 15) is 9.90 Å². The molecule has 0 aromatic heterocycles. The van der Waals surface area contributed by atoms with Gasteiger partial charge in [0.2, 0.25) is 0 Å². The summed E-state index contributed by atoms with van der Waals surface area (Å²) in [5.74, 6) is -0.153. The summed E-state index contributed by atoms with van der Waals surface area (Å²) in [6.45, 7) is 10.1. The van der Waals surface area contributed by atoms with Crippen LogP contribution in [0.25, 0.3) is 0 Å². The number of allylic oxidation sites excluding steroid dienone is 2. The van der Waals surface area contributed by atoms with E-state index >= 15 is 0 Å². The third-order valence-electron chi connectivity index (χ3n) is 3.59. The van der Waals surface area contributed by atoms with E-state index < -0.39 is 5.97 Å². The van der Waals surface area contributed by atoms with E-state index in [4.69, 9.17) is 0 Å². The normalized spacial score (nSPS) is 30.0. The first kappa shape index (κ1) is 13.0. The van der Waals surface area contributed by atoms with Crippen LogP contribution in [0.2, 0.25) is 0 Å². The molecule has 0 aliphatic heterocycles. The summed E-state index contributed by atoms with van der Waals surface area (Å²) in [4.78, 5) is 11.3. The molecule has 2 nitrogen and oxygen atoms in total. The summed E-state index contributed by atoms with van der Waals surface area (Å²) in [5, 5.41) is 9.26. The van der Waals surface area contributed by atoms with Gasteiger partial charge >= 0.3 is 5.97 Å². The number of aliphatic carboxylic acids is 1. The molecule has 2 heteroatoms. The standard InChI is InChI=1S/C14H22O2/c1-5-7-14(4)8-6-11(10(2)3)12(9-14)13(15)16/h5,9-11H,1,6-8H2,2-4H3,(H,15,16)/t11-,14+/m0/s1. The Morgan fingerprint density at radius 1 is 1.75 bits per heavy atom. The minimum Gasteiger partial charge on any atom is -0.478 e. The van der Waals surface area contributed by atoms with Crippen molar-refractivity contribution in [1.29, 1.82) is 0 Å². The van der Waals surface area contributed by atoms with Crippen molar-refractivity contribution < 1.29 is 9.90 Å².